The van der Waals surface area contributed by atoms with Crippen LogP contribution in [0.4, 0.5) is 4.39 Å². The van der Waals surface area contributed by atoms with Crippen LogP contribution in [0.25, 0.3) is 0 Å². The number of carbonyl (C=O) groups is 1. The third-order valence-electron chi connectivity index (χ3n) is 3.42. The van der Waals surface area contributed by atoms with Crippen LogP contribution in [0, 0.1) is 5.82 Å². The van der Waals surface area contributed by atoms with Crippen molar-refractivity contribution in [2.75, 3.05) is 13.2 Å². The molecule has 1 heterocycles. The van der Waals surface area contributed by atoms with Crippen molar-refractivity contribution < 1.29 is 13.9 Å². The normalized spacial score (nSPS) is 19.4. The number of benzene rings is 1. The molecule has 1 fully saturated rings. The zero-order valence-corrected chi connectivity index (χ0v) is 9.33. The lowest BCUT2D eigenvalue weighted by Crippen LogP contribution is -2.40. The fraction of sp³-hybridized carbons (Fsp3) is 0.462. The number of ether oxygens (including phenoxy) is 1. The summed E-state index contributed by atoms with van der Waals surface area (Å²) in [7, 11) is 0. The average molecular weight is 222 g/mol. The molecule has 0 spiro atoms. The Labute approximate surface area is 94.4 Å². The Bertz CT molecular complexity index is 377. The van der Waals surface area contributed by atoms with Gasteiger partial charge in [0.2, 0.25) is 0 Å². The molecule has 0 aliphatic carbocycles. The zero-order chi connectivity index (χ0) is 11.6. The van der Waals surface area contributed by atoms with Gasteiger partial charge in [-0.25, -0.2) is 4.39 Å². The van der Waals surface area contributed by atoms with E-state index in [1.54, 1.807) is 19.1 Å². The van der Waals surface area contributed by atoms with Gasteiger partial charge in [0.05, 0.1) is 5.41 Å². The van der Waals surface area contributed by atoms with E-state index in [2.05, 4.69) is 0 Å². The summed E-state index contributed by atoms with van der Waals surface area (Å²) in [6, 6.07) is 6.25. The van der Waals surface area contributed by atoms with Crippen molar-refractivity contribution >= 4 is 5.78 Å². The van der Waals surface area contributed by atoms with Gasteiger partial charge >= 0.3 is 0 Å². The van der Waals surface area contributed by atoms with Crippen molar-refractivity contribution in [2.45, 2.75) is 25.2 Å². The average Bonchev–Trinajstić information content (AvgIpc) is 2.30. The summed E-state index contributed by atoms with van der Waals surface area (Å²) in [5, 5.41) is 0. The van der Waals surface area contributed by atoms with Crippen molar-refractivity contribution in [1.29, 1.82) is 0 Å². The topological polar surface area (TPSA) is 26.3 Å². The summed E-state index contributed by atoms with van der Waals surface area (Å²) in [5.74, 6) is -0.128. The molecule has 0 aromatic heterocycles. The maximum Gasteiger partial charge on any atom is 0.140 e. The molecule has 3 heteroatoms. The van der Waals surface area contributed by atoms with E-state index < -0.39 is 5.41 Å². The van der Waals surface area contributed by atoms with Gasteiger partial charge in [-0.2, -0.15) is 0 Å². The number of Topliss-reactive ketones (excluding diaryl/α,β-unsaturated/α-hetero) is 1. The molecular weight excluding hydrogens is 207 g/mol. The highest BCUT2D eigenvalue weighted by Crippen LogP contribution is 2.35. The molecule has 86 valence electrons. The van der Waals surface area contributed by atoms with E-state index in [1.165, 1.54) is 12.1 Å². The monoisotopic (exact) mass is 222 g/mol. The Kier molecular flexibility index (Phi) is 3.06. The summed E-state index contributed by atoms with van der Waals surface area (Å²) in [6.45, 7) is 2.79. The molecule has 1 aromatic rings. The minimum atomic E-state index is -0.466. The van der Waals surface area contributed by atoms with E-state index in [0.717, 1.165) is 5.56 Å². The Balaban J connectivity index is 2.38. The van der Waals surface area contributed by atoms with Crippen LogP contribution in [0.1, 0.15) is 25.3 Å². The highest BCUT2D eigenvalue weighted by molar-refractivity contribution is 5.88. The van der Waals surface area contributed by atoms with Gasteiger partial charge in [0.15, 0.2) is 0 Å². The number of ketones is 1. The second kappa shape index (κ2) is 4.34. The summed E-state index contributed by atoms with van der Waals surface area (Å²) in [6.07, 6.45) is 1.38. The van der Waals surface area contributed by atoms with Crippen molar-refractivity contribution in [3.05, 3.63) is 35.6 Å². The number of halogens is 1. The lowest BCUT2D eigenvalue weighted by atomic mass is 9.71. The molecule has 0 amide bonds. The van der Waals surface area contributed by atoms with Crippen molar-refractivity contribution in [3.8, 4) is 0 Å². The van der Waals surface area contributed by atoms with E-state index >= 15 is 0 Å². The third-order valence-corrected chi connectivity index (χ3v) is 3.42. The number of rotatable bonds is 2. The molecule has 0 unspecified atom stereocenters. The van der Waals surface area contributed by atoms with E-state index in [-0.39, 0.29) is 11.6 Å². The van der Waals surface area contributed by atoms with E-state index in [9.17, 15) is 9.18 Å². The maximum atomic E-state index is 12.9. The van der Waals surface area contributed by atoms with Crippen LogP contribution in [0.3, 0.4) is 0 Å². The predicted molar refractivity (Wildman–Crippen MR) is 58.8 cm³/mol. The summed E-state index contributed by atoms with van der Waals surface area (Å²) in [5.41, 5.74) is 0.441. The lowest BCUT2D eigenvalue weighted by Gasteiger charge is -2.35. The molecule has 1 saturated heterocycles. The first kappa shape index (κ1) is 11.3. The van der Waals surface area contributed by atoms with Gasteiger partial charge in [-0.1, -0.05) is 12.1 Å². The second-order valence-electron chi connectivity index (χ2n) is 4.26. The van der Waals surface area contributed by atoms with Crippen LogP contribution in [-0.2, 0) is 14.9 Å². The third kappa shape index (κ3) is 1.87. The molecule has 1 aliphatic rings. The first-order valence-electron chi connectivity index (χ1n) is 5.50. The molecule has 0 saturated carbocycles. The highest BCUT2D eigenvalue weighted by Gasteiger charge is 2.38. The summed E-state index contributed by atoms with van der Waals surface area (Å²) < 4.78 is 18.2. The minimum absolute atomic E-state index is 0.141. The Morgan fingerprint density at radius 1 is 1.25 bits per heavy atom. The van der Waals surface area contributed by atoms with Crippen molar-refractivity contribution in [1.82, 2.24) is 0 Å². The van der Waals surface area contributed by atoms with Gasteiger partial charge in [0.1, 0.15) is 11.6 Å². The standard InChI is InChI=1S/C13H15FO2/c1-10(15)13(6-8-16-9-7-13)11-2-4-12(14)5-3-11/h2-5H,6-9H2,1H3. The molecule has 0 radical (unpaired) electrons. The van der Waals surface area contributed by atoms with E-state index in [1.807, 2.05) is 0 Å². The van der Waals surface area contributed by atoms with Crippen LogP contribution in [0.15, 0.2) is 24.3 Å². The van der Waals surface area contributed by atoms with Gasteiger partial charge in [-0.3, -0.25) is 4.79 Å². The minimum Gasteiger partial charge on any atom is -0.381 e. The molecule has 16 heavy (non-hydrogen) atoms. The van der Waals surface area contributed by atoms with Gasteiger partial charge in [0.25, 0.3) is 0 Å². The highest BCUT2D eigenvalue weighted by atomic mass is 19.1. The molecule has 0 N–H and O–H groups in total. The Morgan fingerprint density at radius 2 is 1.81 bits per heavy atom. The smallest absolute Gasteiger partial charge is 0.140 e. The molecule has 1 aromatic carbocycles. The Morgan fingerprint density at radius 3 is 2.31 bits per heavy atom. The molecule has 2 nitrogen and oxygen atoms in total. The van der Waals surface area contributed by atoms with Crippen LogP contribution < -0.4 is 0 Å². The van der Waals surface area contributed by atoms with Gasteiger partial charge in [-0.05, 0) is 37.5 Å². The number of carbonyl (C=O) groups excluding carboxylic acids is 1. The van der Waals surface area contributed by atoms with Crippen molar-refractivity contribution in [3.63, 3.8) is 0 Å². The second-order valence-corrected chi connectivity index (χ2v) is 4.26. The van der Waals surface area contributed by atoms with Crippen molar-refractivity contribution in [2.24, 2.45) is 0 Å². The quantitative estimate of drug-likeness (QED) is 0.768. The van der Waals surface area contributed by atoms with Gasteiger partial charge in [0, 0.05) is 13.2 Å². The molecule has 0 atom stereocenters. The van der Waals surface area contributed by atoms with Crippen LogP contribution in [-0.4, -0.2) is 19.0 Å². The largest absolute Gasteiger partial charge is 0.381 e. The van der Waals surface area contributed by atoms with Gasteiger partial charge in [-0.15, -0.1) is 0 Å². The molecule has 1 aliphatic heterocycles. The molecule has 0 bridgehead atoms. The lowest BCUT2D eigenvalue weighted by molar-refractivity contribution is -0.126. The SMILES string of the molecule is CC(=O)C1(c2ccc(F)cc2)CCOCC1. The molecular formula is C13H15FO2. The zero-order valence-electron chi connectivity index (χ0n) is 9.33. The number of hydrogen-bond donors (Lipinski definition) is 0. The summed E-state index contributed by atoms with van der Waals surface area (Å²) in [4.78, 5) is 11.9. The van der Waals surface area contributed by atoms with E-state index in [4.69, 9.17) is 4.74 Å². The molecule has 2 rings (SSSR count). The maximum absolute atomic E-state index is 12.9. The fourth-order valence-corrected chi connectivity index (χ4v) is 2.33. The van der Waals surface area contributed by atoms with E-state index in [0.29, 0.717) is 26.1 Å². The van der Waals surface area contributed by atoms with Crippen LogP contribution in [0.5, 0.6) is 0 Å². The van der Waals surface area contributed by atoms with Crippen LogP contribution in [0.2, 0.25) is 0 Å². The first-order chi connectivity index (χ1) is 7.65. The summed E-state index contributed by atoms with van der Waals surface area (Å²) >= 11 is 0. The van der Waals surface area contributed by atoms with Gasteiger partial charge < -0.3 is 4.74 Å². The fourth-order valence-electron chi connectivity index (χ4n) is 2.33. The predicted octanol–water partition coefficient (Wildman–Crippen LogP) is 2.46. The van der Waals surface area contributed by atoms with Crippen LogP contribution >= 0.6 is 0 Å². The first-order valence-corrected chi connectivity index (χ1v) is 5.50. The number of hydrogen-bond acceptors (Lipinski definition) is 2. The Hall–Kier alpha value is -1.22.